The van der Waals surface area contributed by atoms with E-state index in [1.54, 1.807) is 99.6 Å². The first-order valence-electron chi connectivity index (χ1n) is 29.5. The molecule has 3 amide bonds. The third kappa shape index (κ3) is 28.4. The van der Waals surface area contributed by atoms with Crippen molar-refractivity contribution in [2.45, 2.75) is 46.1 Å². The van der Waals surface area contributed by atoms with Crippen molar-refractivity contribution in [3.63, 3.8) is 0 Å². The maximum absolute atomic E-state index is 11.9. The summed E-state index contributed by atoms with van der Waals surface area (Å²) in [6.45, 7) is 15.0. The molecule has 0 spiro atoms. The van der Waals surface area contributed by atoms with Crippen LogP contribution in [0, 0.1) is 7.43 Å². The molecule has 23 heteroatoms. The van der Waals surface area contributed by atoms with Gasteiger partial charge >= 0.3 is 23.1 Å². The molecule has 498 valence electrons. The summed E-state index contributed by atoms with van der Waals surface area (Å²) in [4.78, 5) is 64.8. The summed E-state index contributed by atoms with van der Waals surface area (Å²) in [6.07, 6.45) is 22.1. The maximum Gasteiger partial charge on any atom is 2.00 e. The summed E-state index contributed by atoms with van der Waals surface area (Å²) in [5.41, 5.74) is 5.68. The Kier molecular flexibility index (Phi) is 36.4. The van der Waals surface area contributed by atoms with Crippen LogP contribution in [0.4, 0.5) is 0 Å². The van der Waals surface area contributed by atoms with Crippen LogP contribution in [0.25, 0.3) is 55.1 Å². The number of Topliss-reactive ketones (excluding diaryl/α,β-unsaturated/α-hetero) is 1. The van der Waals surface area contributed by atoms with Crippen LogP contribution in [0.15, 0.2) is 189 Å². The Bertz CT molecular complexity index is 3820. The zero-order chi connectivity index (χ0) is 66.4. The molecule has 3 aromatic carbocycles. The van der Waals surface area contributed by atoms with Gasteiger partial charge in [-0.25, -0.2) is 0 Å². The summed E-state index contributed by atoms with van der Waals surface area (Å²) >= 11 is 23.7. The van der Waals surface area contributed by atoms with Crippen molar-refractivity contribution in [2.24, 2.45) is 0 Å². The normalized spacial score (nSPS) is 11.4. The van der Waals surface area contributed by atoms with Gasteiger partial charge in [-0.3, -0.25) is 34.1 Å². The fraction of sp³-hybridized carbons (Fsp3) is 0.205. The summed E-state index contributed by atoms with van der Waals surface area (Å²) in [6, 6.07) is 39.6. The smallest absolute Gasteiger partial charge is 1.00 e. The van der Waals surface area contributed by atoms with Crippen LogP contribution < -0.4 is 47.1 Å². The quantitative estimate of drug-likeness (QED) is 0.0147. The number of rotatable bonds is 24. The van der Waals surface area contributed by atoms with E-state index in [1.165, 1.54) is 53.7 Å². The summed E-state index contributed by atoms with van der Waals surface area (Å²) < 4.78 is 22.0. The van der Waals surface area contributed by atoms with E-state index in [9.17, 15) is 24.3 Å². The van der Waals surface area contributed by atoms with E-state index in [1.807, 2.05) is 110 Å². The van der Waals surface area contributed by atoms with Gasteiger partial charge in [-0.05, 0) is 207 Å². The minimum atomic E-state index is -0.868. The molecule has 0 atom stereocenters. The fourth-order valence-corrected chi connectivity index (χ4v) is 11.7. The van der Waals surface area contributed by atoms with Crippen molar-refractivity contribution in [3.8, 4) is 48.6 Å². The average Bonchev–Trinajstić information content (AvgIpc) is 1.67. The first-order chi connectivity index (χ1) is 44.9. The number of hydrogen-bond donors (Lipinski definition) is 4. The van der Waals surface area contributed by atoms with Crippen LogP contribution in [-0.4, -0.2) is 119 Å². The third-order valence-corrected chi connectivity index (χ3v) is 17.8. The number of nitrogens with zero attached hydrogens (tertiary/aromatic N) is 3. The molecule has 15 nitrogen and oxygen atoms in total. The van der Waals surface area contributed by atoms with Crippen molar-refractivity contribution in [1.82, 2.24) is 30.9 Å². The van der Waals surface area contributed by atoms with Gasteiger partial charge in [0.25, 0.3) is 0 Å². The van der Waals surface area contributed by atoms with Crippen molar-refractivity contribution < 1.29 is 60.2 Å². The molecule has 1 aliphatic heterocycles. The average molecular weight is 1490 g/mol. The zero-order valence-corrected chi connectivity index (χ0v) is 61.5. The van der Waals surface area contributed by atoms with Crippen molar-refractivity contribution in [3.05, 3.63) is 243 Å². The van der Waals surface area contributed by atoms with Gasteiger partial charge < -0.3 is 64.4 Å². The van der Waals surface area contributed by atoms with E-state index in [0.29, 0.717) is 76.6 Å². The predicted molar refractivity (Wildman–Crippen MR) is 392 cm³/mol. The number of pyridine rings is 3. The number of carbonyl (C=O) groups is 4. The molecule has 9 aromatic rings. The van der Waals surface area contributed by atoms with Gasteiger partial charge in [0.05, 0.1) is 45.2 Å². The van der Waals surface area contributed by atoms with Crippen LogP contribution in [0.1, 0.15) is 76.7 Å². The van der Waals surface area contributed by atoms with E-state index >= 15 is 0 Å². The molecule has 6 aromatic heterocycles. The number of hydrogen-bond acceptors (Lipinski definition) is 15. The van der Waals surface area contributed by atoms with Gasteiger partial charge in [0.15, 0.2) is 5.78 Å². The first-order valence-corrected chi connectivity index (χ1v) is 33.1. The number of thiophene rings is 3. The molecular formula is C73H74BrCl3MgN6O9S3. The Morgan fingerprint density at radius 2 is 0.906 bits per heavy atom. The number of carbonyl (C=O) groups excluding carboxylic acids is 4. The number of aliphatic hydroxyl groups is 1. The topological polar surface area (TPSA) is 200 Å². The van der Waals surface area contributed by atoms with Crippen molar-refractivity contribution in [1.29, 1.82) is 0 Å². The van der Waals surface area contributed by atoms with Gasteiger partial charge in [0.1, 0.15) is 37.1 Å². The number of nitrogens with one attached hydrogen (secondary N) is 3. The zero-order valence-electron chi connectivity index (χ0n) is 53.8. The maximum atomic E-state index is 11.9. The van der Waals surface area contributed by atoms with Crippen LogP contribution in [0.3, 0.4) is 0 Å². The van der Waals surface area contributed by atoms with Crippen LogP contribution in [0.2, 0.25) is 15.1 Å². The standard InChI is InChI=1S/C23H23ClN2O3S.C23H21ClN2O2S.C22H19ClN2O3S.C4H8O.CH3.BrH.Mg/c1-23(2,28)21-9-8-20(30-21)17-6-7-19(18(24)14-17)29-13-12-26-22(27)10-5-16-4-3-11-25-15-16;1-16(2)21-8-9-22(29-21)18-6-7-20(19(24)14-18)28-13-12-26-23(27)10-5-17-4-3-11-25-15-17;1-15(26)20-7-8-21(29-20)17-5-6-19(18(23)13-17)28-12-11-25-22(27)9-4-16-3-2-10-24-14-16;1-2-4-5-3-1;;;/h3-11,14-15,28H,12-13H2,1-2H3,(H,26,27);3-11,14-15H,1,12-13H2,2H3,(H,26,27);2-10,13-14H,11-12H2,1H3,(H,25,27);1-4H2;1H3;1H;/q;;;;-1;;+2/p-1/b2*10-5+;9-4+;;;;. The molecule has 1 aliphatic rings. The fourth-order valence-electron chi connectivity index (χ4n) is 8.17. The number of benzene rings is 3. The van der Waals surface area contributed by atoms with Crippen molar-refractivity contribution >= 4 is 139 Å². The molecule has 96 heavy (non-hydrogen) atoms. The second-order valence-electron chi connectivity index (χ2n) is 20.9. The van der Waals surface area contributed by atoms with E-state index < -0.39 is 5.60 Å². The summed E-state index contributed by atoms with van der Waals surface area (Å²) in [5.74, 6) is 1.13. The molecule has 0 unspecified atom stereocenters. The van der Waals surface area contributed by atoms with E-state index in [0.717, 1.165) is 76.6 Å². The molecular weight excluding hydrogens is 1410 g/mol. The van der Waals surface area contributed by atoms with Gasteiger partial charge in [-0.1, -0.05) is 59.6 Å². The molecule has 0 bridgehead atoms. The molecule has 1 saturated heterocycles. The predicted octanol–water partition coefficient (Wildman–Crippen LogP) is 13.3. The minimum absolute atomic E-state index is 0. The van der Waals surface area contributed by atoms with Gasteiger partial charge in [-0.15, -0.1) is 34.0 Å². The molecule has 0 saturated carbocycles. The Morgan fingerprint density at radius 3 is 1.19 bits per heavy atom. The van der Waals surface area contributed by atoms with Crippen LogP contribution >= 0.6 is 68.8 Å². The third-order valence-electron chi connectivity index (χ3n) is 13.0. The van der Waals surface area contributed by atoms with Crippen LogP contribution in [0.5, 0.6) is 17.2 Å². The molecule has 7 heterocycles. The summed E-state index contributed by atoms with van der Waals surface area (Å²) in [5, 5.41) is 19.9. The number of ether oxygens (including phenoxy) is 4. The molecule has 1 fully saturated rings. The molecule has 0 radical (unpaired) electrons. The van der Waals surface area contributed by atoms with Gasteiger partial charge in [0.2, 0.25) is 17.7 Å². The minimum Gasteiger partial charge on any atom is -1.00 e. The SMILES string of the molecule is C1CCOC1.C=C(C)c1ccc(-c2ccc(OCCNC(=O)/C=C/c3cccnc3)c(Cl)c2)s1.CC(=O)c1ccc(-c2ccc(OCCNC(=O)/C=C/c3cccnc3)c(Cl)c2)s1.CC(C)(O)c1ccc(-c2ccc(OCCNC(=O)/C=C/c3cccnc3)c(Cl)c2)s1.[Br-].[CH3-].[Mg+2]. The number of ketones is 1. The first kappa shape index (κ1) is 81.1. The number of aromatic nitrogens is 3. The number of amides is 3. The Hall–Kier alpha value is -7.31. The van der Waals surface area contributed by atoms with E-state index in [-0.39, 0.29) is 71.0 Å². The monoisotopic (exact) mass is 1480 g/mol. The largest absolute Gasteiger partial charge is 2.00 e. The Balaban J connectivity index is 0.000000290. The number of allylic oxidation sites excluding steroid dienone is 1. The second kappa shape index (κ2) is 43.1. The summed E-state index contributed by atoms with van der Waals surface area (Å²) in [7, 11) is 0. The van der Waals surface area contributed by atoms with E-state index in [2.05, 4.69) is 49.6 Å². The van der Waals surface area contributed by atoms with Crippen LogP contribution in [-0.2, 0) is 24.7 Å². The molecule has 10 rings (SSSR count). The second-order valence-corrected chi connectivity index (χ2v) is 25.4. The number of halogens is 4. The van der Waals surface area contributed by atoms with Gasteiger partial charge in [0, 0.05) is 93.0 Å². The van der Waals surface area contributed by atoms with Crippen molar-refractivity contribution in [2.75, 3.05) is 52.7 Å². The Labute approximate surface area is 615 Å². The van der Waals surface area contributed by atoms with E-state index in [4.69, 9.17) is 53.8 Å². The van der Waals surface area contributed by atoms with Gasteiger partial charge in [-0.2, -0.15) is 0 Å². The molecule has 4 N–H and O–H groups in total. The Morgan fingerprint density at radius 1 is 0.552 bits per heavy atom. The molecule has 0 aliphatic carbocycles.